The SMILES string of the molecule is O=C(CN1C[C@@H](C(F)(F)F)[C@H](C(=O)O)C1)Nc1cccc(F)c1. The number of anilines is 1. The number of carboxylic acids is 1. The smallest absolute Gasteiger partial charge is 0.393 e. The standard InChI is InChI=1S/C14H14F4N2O3/c15-8-2-1-3-9(4-8)19-12(21)7-20-5-10(13(22)23)11(6-20)14(16,17)18/h1-4,10-11H,5-7H2,(H,19,21)(H,22,23)/t10-,11-/m1/s1. The molecule has 1 saturated heterocycles. The van der Waals surface area contributed by atoms with Crippen molar-refractivity contribution in [3.8, 4) is 0 Å². The Bertz CT molecular complexity index is 606. The van der Waals surface area contributed by atoms with E-state index >= 15 is 0 Å². The van der Waals surface area contributed by atoms with Crippen molar-refractivity contribution >= 4 is 17.6 Å². The summed E-state index contributed by atoms with van der Waals surface area (Å²) >= 11 is 0. The number of benzene rings is 1. The lowest BCUT2D eigenvalue weighted by Crippen LogP contribution is -2.34. The number of carbonyl (C=O) groups excluding carboxylic acids is 1. The first-order chi connectivity index (χ1) is 10.7. The molecule has 1 aromatic rings. The van der Waals surface area contributed by atoms with Crippen LogP contribution < -0.4 is 5.32 Å². The summed E-state index contributed by atoms with van der Waals surface area (Å²) in [7, 11) is 0. The van der Waals surface area contributed by atoms with Gasteiger partial charge in [-0.15, -0.1) is 0 Å². The van der Waals surface area contributed by atoms with E-state index in [1.807, 2.05) is 0 Å². The molecule has 2 N–H and O–H groups in total. The van der Waals surface area contributed by atoms with Crippen molar-refractivity contribution in [3.05, 3.63) is 30.1 Å². The van der Waals surface area contributed by atoms with Crippen LogP contribution in [0, 0.1) is 17.7 Å². The molecule has 0 radical (unpaired) electrons. The number of hydrogen-bond donors (Lipinski definition) is 2. The number of hydrogen-bond acceptors (Lipinski definition) is 3. The predicted molar refractivity (Wildman–Crippen MR) is 72.1 cm³/mol. The van der Waals surface area contributed by atoms with Crippen molar-refractivity contribution in [3.63, 3.8) is 0 Å². The van der Waals surface area contributed by atoms with Crippen LogP contribution in [0.5, 0.6) is 0 Å². The number of halogens is 4. The molecule has 2 rings (SSSR count). The van der Waals surface area contributed by atoms with Crippen molar-refractivity contribution in [2.45, 2.75) is 6.18 Å². The minimum atomic E-state index is -4.64. The predicted octanol–water partition coefficient (Wildman–Crippen LogP) is 1.96. The number of alkyl halides is 3. The van der Waals surface area contributed by atoms with Gasteiger partial charge in [0, 0.05) is 18.8 Å². The van der Waals surface area contributed by atoms with Crippen LogP contribution in [0.25, 0.3) is 0 Å². The van der Waals surface area contributed by atoms with Crippen molar-refractivity contribution in [1.29, 1.82) is 0 Å². The number of carbonyl (C=O) groups is 2. The third-order valence-corrected chi connectivity index (χ3v) is 3.61. The second-order valence-corrected chi connectivity index (χ2v) is 5.35. The van der Waals surface area contributed by atoms with Crippen molar-refractivity contribution < 1.29 is 32.3 Å². The van der Waals surface area contributed by atoms with Crippen LogP contribution in [0.2, 0.25) is 0 Å². The Labute approximate surface area is 128 Å². The van der Waals surface area contributed by atoms with Gasteiger partial charge in [0.15, 0.2) is 0 Å². The average Bonchev–Trinajstić information content (AvgIpc) is 2.82. The Morgan fingerprint density at radius 2 is 2.00 bits per heavy atom. The van der Waals surface area contributed by atoms with Gasteiger partial charge in [-0.1, -0.05) is 6.07 Å². The summed E-state index contributed by atoms with van der Waals surface area (Å²) in [5.74, 6) is -6.35. The molecule has 0 aromatic heterocycles. The first-order valence-electron chi connectivity index (χ1n) is 6.74. The number of amides is 1. The fourth-order valence-corrected chi connectivity index (χ4v) is 2.57. The van der Waals surface area contributed by atoms with Crippen molar-refractivity contribution in [1.82, 2.24) is 4.90 Å². The fourth-order valence-electron chi connectivity index (χ4n) is 2.57. The fraction of sp³-hybridized carbons (Fsp3) is 0.429. The maximum absolute atomic E-state index is 13.0. The zero-order chi connectivity index (χ0) is 17.2. The van der Waals surface area contributed by atoms with E-state index in [4.69, 9.17) is 5.11 Å². The molecule has 23 heavy (non-hydrogen) atoms. The molecular weight excluding hydrogens is 320 g/mol. The van der Waals surface area contributed by atoms with E-state index in [0.29, 0.717) is 0 Å². The largest absolute Gasteiger partial charge is 0.481 e. The third-order valence-electron chi connectivity index (χ3n) is 3.61. The van der Waals surface area contributed by atoms with Gasteiger partial charge in [0.1, 0.15) is 5.82 Å². The van der Waals surface area contributed by atoms with Gasteiger partial charge in [0.25, 0.3) is 0 Å². The molecule has 2 atom stereocenters. The molecule has 1 aliphatic rings. The summed E-state index contributed by atoms with van der Waals surface area (Å²) in [6.07, 6.45) is -4.64. The molecule has 126 valence electrons. The van der Waals surface area contributed by atoms with Crippen LogP contribution in [0.4, 0.5) is 23.2 Å². The van der Waals surface area contributed by atoms with Crippen LogP contribution in [0.1, 0.15) is 0 Å². The summed E-state index contributed by atoms with van der Waals surface area (Å²) in [6, 6.07) is 5.06. The van der Waals surface area contributed by atoms with Crippen molar-refractivity contribution in [2.24, 2.45) is 11.8 Å². The third kappa shape index (κ3) is 4.41. The topological polar surface area (TPSA) is 69.6 Å². The number of nitrogens with zero attached hydrogens (tertiary/aromatic N) is 1. The van der Waals surface area contributed by atoms with Gasteiger partial charge in [-0.05, 0) is 18.2 Å². The highest BCUT2D eigenvalue weighted by Crippen LogP contribution is 2.37. The number of rotatable bonds is 4. The molecule has 0 bridgehead atoms. The number of nitrogens with one attached hydrogen (secondary N) is 1. The Morgan fingerprint density at radius 1 is 1.30 bits per heavy atom. The molecule has 0 spiro atoms. The quantitative estimate of drug-likeness (QED) is 0.826. The van der Waals surface area contributed by atoms with Gasteiger partial charge in [0.2, 0.25) is 5.91 Å². The summed E-state index contributed by atoms with van der Waals surface area (Å²) in [4.78, 5) is 23.9. The molecule has 0 unspecified atom stereocenters. The van der Waals surface area contributed by atoms with Gasteiger partial charge in [0.05, 0.1) is 18.4 Å². The Hall–Kier alpha value is -2.16. The summed E-state index contributed by atoms with van der Waals surface area (Å²) in [6.45, 7) is -1.32. The Balaban J connectivity index is 1.98. The highest BCUT2D eigenvalue weighted by atomic mass is 19.4. The highest BCUT2D eigenvalue weighted by Gasteiger charge is 2.52. The lowest BCUT2D eigenvalue weighted by Gasteiger charge is -2.18. The van der Waals surface area contributed by atoms with Crippen LogP contribution in [-0.4, -0.2) is 47.7 Å². The molecule has 9 heteroatoms. The summed E-state index contributed by atoms with van der Waals surface area (Å²) < 4.78 is 51.5. The van der Waals surface area contributed by atoms with Crippen LogP contribution in [-0.2, 0) is 9.59 Å². The molecule has 1 fully saturated rings. The van der Waals surface area contributed by atoms with E-state index in [-0.39, 0.29) is 12.2 Å². The number of aliphatic carboxylic acids is 1. The van der Waals surface area contributed by atoms with Crippen LogP contribution in [0.15, 0.2) is 24.3 Å². The van der Waals surface area contributed by atoms with E-state index in [2.05, 4.69) is 5.32 Å². The molecule has 1 heterocycles. The van der Waals surface area contributed by atoms with E-state index in [1.165, 1.54) is 18.2 Å². The second-order valence-electron chi connectivity index (χ2n) is 5.35. The second kappa shape index (κ2) is 6.53. The molecule has 5 nitrogen and oxygen atoms in total. The van der Waals surface area contributed by atoms with Gasteiger partial charge in [-0.25, -0.2) is 4.39 Å². The monoisotopic (exact) mass is 334 g/mol. The van der Waals surface area contributed by atoms with Crippen LogP contribution in [0.3, 0.4) is 0 Å². The minimum absolute atomic E-state index is 0.177. The number of carboxylic acid groups (broad SMARTS) is 1. The van der Waals surface area contributed by atoms with E-state index in [9.17, 15) is 27.2 Å². The molecular formula is C14H14F4N2O3. The van der Waals surface area contributed by atoms with Crippen molar-refractivity contribution in [2.75, 3.05) is 25.0 Å². The van der Waals surface area contributed by atoms with Gasteiger partial charge < -0.3 is 10.4 Å². The zero-order valence-corrected chi connectivity index (χ0v) is 11.8. The van der Waals surface area contributed by atoms with E-state index < -0.39 is 48.8 Å². The molecule has 1 aromatic carbocycles. The summed E-state index contributed by atoms with van der Waals surface area (Å²) in [5, 5.41) is 11.3. The molecule has 1 amide bonds. The maximum atomic E-state index is 13.0. The molecule has 0 saturated carbocycles. The first-order valence-corrected chi connectivity index (χ1v) is 6.74. The van der Waals surface area contributed by atoms with Gasteiger partial charge in [-0.2, -0.15) is 13.2 Å². The van der Waals surface area contributed by atoms with E-state index in [1.54, 1.807) is 0 Å². The first kappa shape index (κ1) is 17.2. The minimum Gasteiger partial charge on any atom is -0.481 e. The molecule has 1 aliphatic heterocycles. The lowest BCUT2D eigenvalue weighted by atomic mass is 9.96. The normalized spacial score (nSPS) is 22.1. The van der Waals surface area contributed by atoms with E-state index in [0.717, 1.165) is 11.0 Å². The Morgan fingerprint density at radius 3 is 2.52 bits per heavy atom. The number of likely N-dealkylation sites (tertiary alicyclic amines) is 1. The zero-order valence-electron chi connectivity index (χ0n) is 11.8. The van der Waals surface area contributed by atoms with Gasteiger partial charge >= 0.3 is 12.1 Å². The van der Waals surface area contributed by atoms with Crippen LogP contribution >= 0.6 is 0 Å². The highest BCUT2D eigenvalue weighted by molar-refractivity contribution is 5.92. The summed E-state index contributed by atoms with van der Waals surface area (Å²) in [5.41, 5.74) is 0.177. The maximum Gasteiger partial charge on any atom is 0.393 e. The Kier molecular flexibility index (Phi) is 4.88. The van der Waals surface area contributed by atoms with Gasteiger partial charge in [-0.3, -0.25) is 14.5 Å². The molecule has 0 aliphatic carbocycles. The lowest BCUT2D eigenvalue weighted by molar-refractivity contribution is -0.188. The average molecular weight is 334 g/mol.